The summed E-state index contributed by atoms with van der Waals surface area (Å²) >= 11 is 0. The number of ether oxygens (including phenoxy) is 1. The summed E-state index contributed by atoms with van der Waals surface area (Å²) in [5.41, 5.74) is 2.57. The maximum Gasteiger partial charge on any atom is 0.230 e. The van der Waals surface area contributed by atoms with Crippen LogP contribution in [0, 0.1) is 5.82 Å². The lowest BCUT2D eigenvalue weighted by Crippen LogP contribution is -2.36. The van der Waals surface area contributed by atoms with Gasteiger partial charge < -0.3 is 14.2 Å². The van der Waals surface area contributed by atoms with Crippen molar-refractivity contribution in [2.24, 2.45) is 0 Å². The minimum Gasteiger partial charge on any atom is -0.494 e. The Kier molecular flexibility index (Phi) is 5.49. The molecule has 4 nitrogen and oxygen atoms in total. The second-order valence-corrected chi connectivity index (χ2v) is 6.66. The lowest BCUT2D eigenvalue weighted by Gasteiger charge is -2.29. The Morgan fingerprint density at radius 2 is 2.08 bits per heavy atom. The van der Waals surface area contributed by atoms with Crippen molar-refractivity contribution in [2.75, 3.05) is 26.9 Å². The first-order valence-electron chi connectivity index (χ1n) is 9.30. The number of amides is 1. The maximum atomic E-state index is 14.4. The Morgan fingerprint density at radius 3 is 2.69 bits per heavy atom. The molecule has 1 aromatic heterocycles. The third kappa shape index (κ3) is 2.95. The zero-order valence-electron chi connectivity index (χ0n) is 15.6. The first kappa shape index (κ1) is 18.7. The molecule has 0 bridgehead atoms. The van der Waals surface area contributed by atoms with Crippen molar-refractivity contribution in [1.29, 1.82) is 0 Å². The Balaban J connectivity index is 2.23. The van der Waals surface area contributed by atoms with Crippen molar-refractivity contribution in [3.8, 4) is 5.75 Å². The summed E-state index contributed by atoms with van der Waals surface area (Å²) in [4.78, 5) is 14.9. The molecule has 2 aromatic rings. The van der Waals surface area contributed by atoms with Gasteiger partial charge in [-0.15, -0.1) is 0 Å². The van der Waals surface area contributed by atoms with E-state index >= 15 is 0 Å². The normalized spacial score (nSPS) is 16.6. The topological polar surface area (TPSA) is 34.5 Å². The third-order valence-electron chi connectivity index (χ3n) is 5.42. The van der Waals surface area contributed by atoms with Crippen LogP contribution >= 0.6 is 0 Å². The first-order chi connectivity index (χ1) is 12.6. The van der Waals surface area contributed by atoms with Gasteiger partial charge in [-0.3, -0.25) is 4.79 Å². The van der Waals surface area contributed by atoms with E-state index in [0.29, 0.717) is 18.5 Å². The maximum absolute atomic E-state index is 14.4. The van der Waals surface area contributed by atoms with Crippen LogP contribution in [-0.4, -0.2) is 42.2 Å². The van der Waals surface area contributed by atoms with Crippen LogP contribution in [0.1, 0.15) is 43.9 Å². The van der Waals surface area contributed by atoms with Crippen molar-refractivity contribution in [1.82, 2.24) is 9.47 Å². The van der Waals surface area contributed by atoms with Crippen molar-refractivity contribution < 1.29 is 18.3 Å². The summed E-state index contributed by atoms with van der Waals surface area (Å²) in [6.07, 6.45) is 2.38. The molecule has 1 aliphatic carbocycles. The SMILES string of the molecule is CCN(CC)C(=O)C1CCCc2c1c1cc(F)c(OC)cc1n2CCF. The van der Waals surface area contributed by atoms with E-state index < -0.39 is 12.5 Å². The van der Waals surface area contributed by atoms with Gasteiger partial charge in [0.25, 0.3) is 0 Å². The standard InChI is InChI=1S/C20H26F2N2O2/c1-4-23(5-2)20(25)13-7-6-8-16-19(13)14-11-15(22)18(26-3)12-17(14)24(16)10-9-21/h11-13H,4-10H2,1-3H3. The molecule has 1 aromatic carbocycles. The van der Waals surface area contributed by atoms with Crippen LogP contribution in [0.15, 0.2) is 12.1 Å². The molecule has 0 N–H and O–H groups in total. The van der Waals surface area contributed by atoms with E-state index in [9.17, 15) is 13.6 Å². The van der Waals surface area contributed by atoms with Gasteiger partial charge in [-0.1, -0.05) is 0 Å². The summed E-state index contributed by atoms with van der Waals surface area (Å²) in [5, 5.41) is 0.706. The Labute approximate surface area is 152 Å². The van der Waals surface area contributed by atoms with Gasteiger partial charge in [-0.05, 0) is 44.7 Å². The smallest absolute Gasteiger partial charge is 0.230 e. The molecule has 1 heterocycles. The molecule has 1 aliphatic rings. The molecular formula is C20H26F2N2O2. The average Bonchev–Trinajstić information content (AvgIpc) is 2.95. The minimum atomic E-state index is -0.509. The Bertz CT molecular complexity index is 812. The highest BCUT2D eigenvalue weighted by molar-refractivity contribution is 5.94. The van der Waals surface area contributed by atoms with Crippen LogP contribution in [-0.2, 0) is 17.8 Å². The number of rotatable bonds is 6. The monoisotopic (exact) mass is 364 g/mol. The van der Waals surface area contributed by atoms with E-state index in [-0.39, 0.29) is 24.1 Å². The molecule has 0 fully saturated rings. The summed E-state index contributed by atoms with van der Waals surface area (Å²) in [6, 6.07) is 3.06. The summed E-state index contributed by atoms with van der Waals surface area (Å²) in [5.74, 6) is -0.542. The van der Waals surface area contributed by atoms with Crippen LogP contribution < -0.4 is 4.74 Å². The lowest BCUT2D eigenvalue weighted by atomic mass is 9.84. The summed E-state index contributed by atoms with van der Waals surface area (Å²) < 4.78 is 34.6. The largest absolute Gasteiger partial charge is 0.494 e. The highest BCUT2D eigenvalue weighted by Crippen LogP contribution is 2.41. The molecule has 1 atom stereocenters. The van der Waals surface area contributed by atoms with Crippen molar-refractivity contribution in [2.45, 2.75) is 45.6 Å². The van der Waals surface area contributed by atoms with Crippen molar-refractivity contribution >= 4 is 16.8 Å². The number of hydrogen-bond donors (Lipinski definition) is 0. The second kappa shape index (κ2) is 7.64. The van der Waals surface area contributed by atoms with E-state index in [0.717, 1.165) is 36.0 Å². The van der Waals surface area contributed by atoms with E-state index in [2.05, 4.69) is 0 Å². The van der Waals surface area contributed by atoms with Gasteiger partial charge in [0.15, 0.2) is 11.6 Å². The molecular weight excluding hydrogens is 338 g/mol. The number of aromatic nitrogens is 1. The highest BCUT2D eigenvalue weighted by Gasteiger charge is 2.34. The summed E-state index contributed by atoms with van der Waals surface area (Å²) in [7, 11) is 1.42. The molecule has 0 saturated carbocycles. The lowest BCUT2D eigenvalue weighted by molar-refractivity contribution is -0.132. The number of alkyl halides is 1. The quantitative estimate of drug-likeness (QED) is 0.775. The molecule has 6 heteroatoms. The van der Waals surface area contributed by atoms with Crippen LogP contribution in [0.4, 0.5) is 8.78 Å². The van der Waals surface area contributed by atoms with Gasteiger partial charge >= 0.3 is 0 Å². The zero-order chi connectivity index (χ0) is 18.8. The molecule has 0 saturated heterocycles. The number of carbonyl (C=O) groups excluding carboxylic acids is 1. The number of benzene rings is 1. The van der Waals surface area contributed by atoms with Gasteiger partial charge in [-0.2, -0.15) is 0 Å². The van der Waals surface area contributed by atoms with Gasteiger partial charge in [0.05, 0.1) is 25.1 Å². The molecule has 0 radical (unpaired) electrons. The Hall–Kier alpha value is -2.11. The zero-order valence-corrected chi connectivity index (χ0v) is 15.6. The van der Waals surface area contributed by atoms with Crippen LogP contribution in [0.5, 0.6) is 5.75 Å². The second-order valence-electron chi connectivity index (χ2n) is 6.66. The number of methoxy groups -OCH3 is 1. The fourth-order valence-corrected chi connectivity index (χ4v) is 4.20. The van der Waals surface area contributed by atoms with Gasteiger partial charge in [-0.25, -0.2) is 8.78 Å². The average molecular weight is 364 g/mol. The fraction of sp³-hybridized carbons (Fsp3) is 0.550. The fourth-order valence-electron chi connectivity index (χ4n) is 4.20. The van der Waals surface area contributed by atoms with Crippen LogP contribution in [0.25, 0.3) is 10.9 Å². The van der Waals surface area contributed by atoms with E-state index in [4.69, 9.17) is 4.74 Å². The number of likely N-dealkylation sites (N-methyl/N-ethyl adjacent to an activating group) is 1. The van der Waals surface area contributed by atoms with Crippen molar-refractivity contribution in [3.63, 3.8) is 0 Å². The predicted octanol–water partition coefficient (Wildman–Crippen LogP) is 4.05. The van der Waals surface area contributed by atoms with E-state index in [1.54, 1.807) is 6.07 Å². The minimum absolute atomic E-state index is 0.0754. The number of fused-ring (bicyclic) bond motifs is 3. The van der Waals surface area contributed by atoms with Crippen LogP contribution in [0.3, 0.4) is 0 Å². The third-order valence-corrected chi connectivity index (χ3v) is 5.42. The van der Waals surface area contributed by atoms with E-state index in [1.165, 1.54) is 13.2 Å². The van der Waals surface area contributed by atoms with Gasteiger partial charge in [0, 0.05) is 30.2 Å². The first-order valence-corrected chi connectivity index (χ1v) is 9.30. The number of nitrogens with zero attached hydrogens (tertiary/aromatic N) is 2. The van der Waals surface area contributed by atoms with Crippen molar-refractivity contribution in [3.05, 3.63) is 29.2 Å². The molecule has 0 aliphatic heterocycles. The number of aryl methyl sites for hydroxylation is 1. The van der Waals surface area contributed by atoms with Gasteiger partial charge in [0.1, 0.15) is 6.67 Å². The molecule has 142 valence electrons. The molecule has 1 amide bonds. The van der Waals surface area contributed by atoms with Crippen LogP contribution in [0.2, 0.25) is 0 Å². The molecule has 26 heavy (non-hydrogen) atoms. The number of hydrogen-bond acceptors (Lipinski definition) is 2. The van der Waals surface area contributed by atoms with Gasteiger partial charge in [0.2, 0.25) is 5.91 Å². The number of carbonyl (C=O) groups is 1. The highest BCUT2D eigenvalue weighted by atomic mass is 19.1. The molecule has 0 spiro atoms. The summed E-state index contributed by atoms with van der Waals surface area (Å²) in [6.45, 7) is 4.90. The Morgan fingerprint density at radius 1 is 1.35 bits per heavy atom. The van der Waals surface area contributed by atoms with E-state index in [1.807, 2.05) is 23.3 Å². The molecule has 3 rings (SSSR count). The predicted molar refractivity (Wildman–Crippen MR) is 98.0 cm³/mol. The molecule has 1 unspecified atom stereocenters. The number of halogens is 2.